The van der Waals surface area contributed by atoms with Crippen LogP contribution in [-0.2, 0) is 26.8 Å². The molecule has 0 bridgehead atoms. The van der Waals surface area contributed by atoms with Gasteiger partial charge in [0.1, 0.15) is 0 Å². The first-order valence-electron chi connectivity index (χ1n) is 15.0. The molecular weight excluding hydrogens is 536 g/mol. The highest BCUT2D eigenvalue weighted by atomic mass is 32.2. The highest BCUT2D eigenvalue weighted by Gasteiger charge is 2.31. The average molecular weight is 585 g/mol. The lowest BCUT2D eigenvalue weighted by Crippen LogP contribution is -2.45. The lowest BCUT2D eigenvalue weighted by atomic mass is 9.85. The van der Waals surface area contributed by atoms with Crippen molar-refractivity contribution in [3.63, 3.8) is 0 Å². The summed E-state index contributed by atoms with van der Waals surface area (Å²) in [4.78, 5) is 25.7. The van der Waals surface area contributed by atoms with Gasteiger partial charge < -0.3 is 15.2 Å². The molecule has 1 aliphatic carbocycles. The van der Waals surface area contributed by atoms with E-state index in [0.717, 1.165) is 29.1 Å². The van der Waals surface area contributed by atoms with Gasteiger partial charge in [0.2, 0.25) is 15.9 Å². The largest absolute Gasteiger partial charge is 0.356 e. The van der Waals surface area contributed by atoms with Gasteiger partial charge in [-0.05, 0) is 87.6 Å². The molecule has 1 atom stereocenters. The first-order valence-corrected chi connectivity index (χ1v) is 16.5. The number of carbonyl (C=O) groups is 2. The Morgan fingerprint density at radius 2 is 1.71 bits per heavy atom. The lowest BCUT2D eigenvalue weighted by Gasteiger charge is -2.27. The molecule has 3 N–H and O–H groups in total. The Morgan fingerprint density at radius 3 is 2.32 bits per heavy atom. The fraction of sp³-hybridized carbons (Fsp3) is 0.625. The fourth-order valence-electron chi connectivity index (χ4n) is 6.12. The number of nitrogens with one attached hydrogen (secondary N) is 3. The van der Waals surface area contributed by atoms with Gasteiger partial charge in [-0.2, -0.15) is 0 Å². The minimum atomic E-state index is -3.75. The van der Waals surface area contributed by atoms with Crippen LogP contribution in [0, 0.1) is 12.8 Å². The second-order valence-corrected chi connectivity index (χ2v) is 15.6. The van der Waals surface area contributed by atoms with Crippen LogP contribution < -0.4 is 15.4 Å². The van der Waals surface area contributed by atoms with Gasteiger partial charge in [0.05, 0.1) is 10.5 Å². The van der Waals surface area contributed by atoms with Crippen molar-refractivity contribution < 1.29 is 18.0 Å². The minimum Gasteiger partial charge on any atom is -0.356 e. The number of amides is 2. The van der Waals surface area contributed by atoms with Crippen molar-refractivity contribution in [1.82, 2.24) is 19.9 Å². The van der Waals surface area contributed by atoms with Crippen LogP contribution >= 0.6 is 0 Å². The van der Waals surface area contributed by atoms with E-state index in [2.05, 4.69) is 19.9 Å². The van der Waals surface area contributed by atoms with Crippen molar-refractivity contribution in [3.05, 3.63) is 41.1 Å². The van der Waals surface area contributed by atoms with Crippen molar-refractivity contribution in [2.45, 2.75) is 122 Å². The Labute approximate surface area is 246 Å². The predicted molar refractivity (Wildman–Crippen MR) is 163 cm³/mol. The summed E-state index contributed by atoms with van der Waals surface area (Å²) in [5.74, 6) is 0.319. The molecule has 1 aromatic heterocycles. The molecule has 41 heavy (non-hydrogen) atoms. The summed E-state index contributed by atoms with van der Waals surface area (Å²) >= 11 is 0. The molecule has 8 nitrogen and oxygen atoms in total. The quantitative estimate of drug-likeness (QED) is 0.403. The summed E-state index contributed by atoms with van der Waals surface area (Å²) in [7, 11) is -3.75. The van der Waals surface area contributed by atoms with Gasteiger partial charge in [-0.1, -0.05) is 46.1 Å². The number of hydrogen-bond acceptors (Lipinski definition) is 4. The molecule has 2 fully saturated rings. The van der Waals surface area contributed by atoms with E-state index in [1.165, 1.54) is 32.1 Å². The van der Waals surface area contributed by atoms with Crippen LogP contribution in [0.4, 0.5) is 0 Å². The van der Waals surface area contributed by atoms with Crippen LogP contribution in [0.3, 0.4) is 0 Å². The predicted octanol–water partition coefficient (Wildman–Crippen LogP) is 5.43. The van der Waals surface area contributed by atoms with E-state index < -0.39 is 21.0 Å². The minimum absolute atomic E-state index is 0.0421. The number of carbonyl (C=O) groups excluding carboxylic acids is 2. The van der Waals surface area contributed by atoms with E-state index in [1.54, 1.807) is 6.07 Å². The van der Waals surface area contributed by atoms with E-state index in [1.807, 2.05) is 66.7 Å². The Balaban J connectivity index is 1.78. The third kappa shape index (κ3) is 7.60. The highest BCUT2D eigenvalue weighted by molar-refractivity contribution is 7.89. The van der Waals surface area contributed by atoms with E-state index in [-0.39, 0.29) is 29.2 Å². The highest BCUT2D eigenvalue weighted by Crippen LogP contribution is 2.36. The summed E-state index contributed by atoms with van der Waals surface area (Å²) in [6.07, 6.45) is 7.03. The summed E-state index contributed by atoms with van der Waals surface area (Å²) in [6.45, 7) is 14.9. The van der Waals surface area contributed by atoms with Crippen LogP contribution in [0.2, 0.25) is 0 Å². The van der Waals surface area contributed by atoms with Gasteiger partial charge in [-0.25, -0.2) is 13.1 Å². The topological polar surface area (TPSA) is 109 Å². The lowest BCUT2D eigenvalue weighted by molar-refractivity contribution is -0.122. The smallest absolute Gasteiger partial charge is 0.253 e. The SMILES string of the molecule is Cc1c(C(=O)NC2CCNC(=O)C2)cc(-c2ccc(S(=O)(=O)NC(C)(C)C)c(C(C)(C)C)c2)n1CC1CCCCC1. The zero-order chi connectivity index (χ0) is 30.2. The standard InChI is InChI=1S/C32H48N4O4S/c1-21-25(30(38)34-24-15-16-33-29(37)18-24)19-27(36(21)20-22-11-9-8-10-12-22)23-13-14-28(26(17-23)31(2,3)4)41(39,40)35-32(5,6)7/h13-14,17,19,22,24,35H,8-12,15-16,18,20H2,1-7H3,(H,33,37)(H,34,38). The summed E-state index contributed by atoms with van der Waals surface area (Å²) < 4.78 is 32.0. The van der Waals surface area contributed by atoms with Crippen LogP contribution in [-0.4, -0.2) is 42.9 Å². The van der Waals surface area contributed by atoms with Crippen molar-refractivity contribution in [2.24, 2.45) is 5.92 Å². The van der Waals surface area contributed by atoms with Crippen molar-refractivity contribution in [3.8, 4) is 11.3 Å². The number of benzene rings is 1. The van der Waals surface area contributed by atoms with Crippen LogP contribution in [0.1, 0.15) is 108 Å². The molecule has 2 heterocycles. The molecule has 2 aliphatic rings. The summed E-state index contributed by atoms with van der Waals surface area (Å²) in [6, 6.07) is 7.31. The number of rotatable bonds is 7. The number of hydrogen-bond donors (Lipinski definition) is 3. The number of aromatic nitrogens is 1. The third-order valence-corrected chi connectivity index (χ3v) is 9.99. The van der Waals surface area contributed by atoms with Crippen molar-refractivity contribution in [2.75, 3.05) is 6.54 Å². The molecule has 1 unspecified atom stereocenters. The van der Waals surface area contributed by atoms with Gasteiger partial charge in [0.25, 0.3) is 5.91 Å². The number of sulfonamides is 1. The normalized spacial score (nSPS) is 19.2. The van der Waals surface area contributed by atoms with Gasteiger partial charge in [0.15, 0.2) is 0 Å². The van der Waals surface area contributed by atoms with E-state index >= 15 is 0 Å². The van der Waals surface area contributed by atoms with E-state index in [4.69, 9.17) is 0 Å². The average Bonchev–Trinajstić information content (AvgIpc) is 3.18. The molecule has 1 aromatic carbocycles. The molecule has 4 rings (SSSR count). The van der Waals surface area contributed by atoms with Crippen LogP contribution in [0.25, 0.3) is 11.3 Å². The maximum absolute atomic E-state index is 13.5. The molecule has 2 aromatic rings. The number of nitrogens with zero attached hydrogens (tertiary/aromatic N) is 1. The molecule has 9 heteroatoms. The van der Waals surface area contributed by atoms with Gasteiger partial charge in [0, 0.05) is 42.5 Å². The molecule has 0 spiro atoms. The molecule has 226 valence electrons. The van der Waals surface area contributed by atoms with Gasteiger partial charge in [-0.15, -0.1) is 0 Å². The van der Waals surface area contributed by atoms with Crippen molar-refractivity contribution in [1.29, 1.82) is 0 Å². The van der Waals surface area contributed by atoms with Gasteiger partial charge in [-0.3, -0.25) is 9.59 Å². The monoisotopic (exact) mass is 584 g/mol. The maximum Gasteiger partial charge on any atom is 0.253 e. The van der Waals surface area contributed by atoms with Gasteiger partial charge >= 0.3 is 0 Å². The van der Waals surface area contributed by atoms with E-state index in [9.17, 15) is 18.0 Å². The first-order chi connectivity index (χ1) is 19.0. The molecule has 0 radical (unpaired) electrons. The second kappa shape index (κ2) is 11.9. The molecular formula is C32H48N4O4S. The first kappa shape index (κ1) is 31.3. The molecule has 1 saturated carbocycles. The number of piperidine rings is 1. The summed E-state index contributed by atoms with van der Waals surface area (Å²) in [5.41, 5.74) is 2.98. The molecule has 1 saturated heterocycles. The summed E-state index contributed by atoms with van der Waals surface area (Å²) in [5, 5.41) is 5.91. The third-order valence-electron chi connectivity index (χ3n) is 8.17. The fourth-order valence-corrected chi connectivity index (χ4v) is 7.93. The zero-order valence-corrected chi connectivity index (χ0v) is 26.6. The van der Waals surface area contributed by atoms with Crippen LogP contribution in [0.15, 0.2) is 29.2 Å². The Kier molecular flexibility index (Phi) is 9.10. The van der Waals surface area contributed by atoms with Crippen LogP contribution in [0.5, 0.6) is 0 Å². The Bertz CT molecular complexity index is 1390. The molecule has 2 amide bonds. The Hall–Kier alpha value is -2.65. The van der Waals surface area contributed by atoms with E-state index in [0.29, 0.717) is 24.4 Å². The van der Waals surface area contributed by atoms with Crippen molar-refractivity contribution >= 4 is 21.8 Å². The maximum atomic E-state index is 13.5. The second-order valence-electron chi connectivity index (χ2n) is 14.0. The Morgan fingerprint density at radius 1 is 1.02 bits per heavy atom. The molecule has 1 aliphatic heterocycles. The zero-order valence-electron chi connectivity index (χ0n) is 25.8.